The molecule has 0 radical (unpaired) electrons. The molecule has 2 rings (SSSR count). The molecule has 0 saturated heterocycles. The van der Waals surface area contributed by atoms with Crippen LogP contribution in [0.1, 0.15) is 23.8 Å². The minimum Gasteiger partial charge on any atom is -0.385 e. The van der Waals surface area contributed by atoms with Crippen molar-refractivity contribution < 1.29 is 9.90 Å². The van der Waals surface area contributed by atoms with Crippen LogP contribution in [0.4, 0.5) is 4.79 Å². The van der Waals surface area contributed by atoms with Crippen LogP contribution < -0.4 is 10.6 Å². The zero-order valence-electron chi connectivity index (χ0n) is 12.8. The van der Waals surface area contributed by atoms with Crippen molar-refractivity contribution in [2.75, 3.05) is 13.1 Å². The van der Waals surface area contributed by atoms with Gasteiger partial charge in [-0.1, -0.05) is 30.3 Å². The molecule has 22 heavy (non-hydrogen) atoms. The molecule has 1 heterocycles. The van der Waals surface area contributed by atoms with E-state index in [2.05, 4.69) is 22.8 Å². The van der Waals surface area contributed by atoms with Gasteiger partial charge in [-0.3, -0.25) is 0 Å². The van der Waals surface area contributed by atoms with Gasteiger partial charge < -0.3 is 20.3 Å². The molecular weight excluding hydrogens is 278 g/mol. The Bertz CT molecular complexity index is 581. The molecule has 5 heteroatoms. The van der Waals surface area contributed by atoms with Crippen LogP contribution in [0.25, 0.3) is 0 Å². The molecule has 5 nitrogen and oxygen atoms in total. The topological polar surface area (TPSA) is 66.3 Å². The molecule has 0 aliphatic carbocycles. The fourth-order valence-corrected chi connectivity index (χ4v) is 2.32. The molecule has 118 valence electrons. The third kappa shape index (κ3) is 4.93. The van der Waals surface area contributed by atoms with E-state index in [4.69, 9.17) is 0 Å². The smallest absolute Gasteiger partial charge is 0.314 e. The van der Waals surface area contributed by atoms with Crippen LogP contribution in [0.3, 0.4) is 0 Å². The summed E-state index contributed by atoms with van der Waals surface area (Å²) in [5.41, 5.74) is 2.05. The third-order valence-electron chi connectivity index (χ3n) is 3.55. The predicted octanol–water partition coefficient (Wildman–Crippen LogP) is 1.99. The van der Waals surface area contributed by atoms with Crippen molar-refractivity contribution >= 4 is 6.03 Å². The largest absolute Gasteiger partial charge is 0.385 e. The van der Waals surface area contributed by atoms with Gasteiger partial charge in [0.25, 0.3) is 0 Å². The number of aliphatic hydroxyl groups excluding tert-OH is 1. The van der Waals surface area contributed by atoms with Crippen LogP contribution in [0.15, 0.2) is 48.7 Å². The van der Waals surface area contributed by atoms with E-state index in [9.17, 15) is 9.90 Å². The van der Waals surface area contributed by atoms with Crippen LogP contribution in [-0.2, 0) is 13.5 Å². The van der Waals surface area contributed by atoms with Gasteiger partial charge in [-0.05, 0) is 30.5 Å². The summed E-state index contributed by atoms with van der Waals surface area (Å²) in [5.74, 6) is 0. The predicted molar refractivity (Wildman–Crippen MR) is 86.5 cm³/mol. The quantitative estimate of drug-likeness (QED) is 0.685. The highest BCUT2D eigenvalue weighted by Crippen LogP contribution is 2.11. The fourth-order valence-electron chi connectivity index (χ4n) is 2.32. The SMILES string of the molecule is Cn1cccc1C(O)CNC(=O)NCCCc1ccccc1. The van der Waals surface area contributed by atoms with Crippen LogP contribution in [-0.4, -0.2) is 28.8 Å². The van der Waals surface area contributed by atoms with Gasteiger partial charge in [0.2, 0.25) is 0 Å². The maximum absolute atomic E-state index is 11.7. The molecule has 0 spiro atoms. The average molecular weight is 301 g/mol. The molecule has 1 atom stereocenters. The summed E-state index contributed by atoms with van der Waals surface area (Å²) in [6.45, 7) is 0.809. The Hall–Kier alpha value is -2.27. The minimum absolute atomic E-state index is 0.197. The van der Waals surface area contributed by atoms with Gasteiger partial charge >= 0.3 is 6.03 Å². The van der Waals surface area contributed by atoms with E-state index in [1.165, 1.54) is 5.56 Å². The van der Waals surface area contributed by atoms with E-state index in [1.807, 2.05) is 48.1 Å². The number of nitrogens with one attached hydrogen (secondary N) is 2. The van der Waals surface area contributed by atoms with Crippen molar-refractivity contribution in [2.24, 2.45) is 7.05 Å². The summed E-state index contributed by atoms with van der Waals surface area (Å²) in [5, 5.41) is 15.5. The Kier molecular flexibility index (Phi) is 6.03. The van der Waals surface area contributed by atoms with E-state index in [1.54, 1.807) is 0 Å². The van der Waals surface area contributed by atoms with Crippen molar-refractivity contribution in [3.8, 4) is 0 Å². The Morgan fingerprint density at radius 2 is 1.95 bits per heavy atom. The Morgan fingerprint density at radius 3 is 2.64 bits per heavy atom. The fraction of sp³-hybridized carbons (Fsp3) is 0.353. The number of aliphatic hydroxyl groups is 1. The van der Waals surface area contributed by atoms with E-state index in [0.29, 0.717) is 6.54 Å². The molecule has 3 N–H and O–H groups in total. The van der Waals surface area contributed by atoms with Crippen molar-refractivity contribution in [1.29, 1.82) is 0 Å². The van der Waals surface area contributed by atoms with Crippen molar-refractivity contribution in [1.82, 2.24) is 15.2 Å². The molecule has 0 fully saturated rings. The number of carbonyl (C=O) groups is 1. The van der Waals surface area contributed by atoms with Gasteiger partial charge in [-0.15, -0.1) is 0 Å². The number of carbonyl (C=O) groups excluding carboxylic acids is 1. The third-order valence-corrected chi connectivity index (χ3v) is 3.55. The minimum atomic E-state index is -0.699. The lowest BCUT2D eigenvalue weighted by atomic mass is 10.1. The normalized spacial score (nSPS) is 11.9. The molecule has 2 aromatic rings. The van der Waals surface area contributed by atoms with Gasteiger partial charge in [-0.25, -0.2) is 4.79 Å². The summed E-state index contributed by atoms with van der Waals surface area (Å²) < 4.78 is 1.84. The molecule has 2 amide bonds. The van der Waals surface area contributed by atoms with E-state index in [0.717, 1.165) is 18.5 Å². The Labute approximate surface area is 131 Å². The number of hydrogen-bond acceptors (Lipinski definition) is 2. The molecule has 1 unspecified atom stereocenters. The number of hydrogen-bond donors (Lipinski definition) is 3. The van der Waals surface area contributed by atoms with Crippen LogP contribution in [0, 0.1) is 0 Å². The van der Waals surface area contributed by atoms with Crippen LogP contribution >= 0.6 is 0 Å². The van der Waals surface area contributed by atoms with Gasteiger partial charge in [0.05, 0.1) is 6.54 Å². The van der Waals surface area contributed by atoms with Crippen molar-refractivity contribution in [3.05, 3.63) is 59.9 Å². The molecule has 0 bridgehead atoms. The average Bonchev–Trinajstić information content (AvgIpc) is 2.96. The lowest BCUT2D eigenvalue weighted by Crippen LogP contribution is -2.38. The first-order chi connectivity index (χ1) is 10.7. The van der Waals surface area contributed by atoms with E-state index >= 15 is 0 Å². The van der Waals surface area contributed by atoms with Crippen LogP contribution in [0.2, 0.25) is 0 Å². The van der Waals surface area contributed by atoms with Crippen molar-refractivity contribution in [2.45, 2.75) is 18.9 Å². The summed E-state index contributed by atoms with van der Waals surface area (Å²) in [6, 6.07) is 13.6. The second-order valence-electron chi connectivity index (χ2n) is 5.29. The molecule has 0 saturated carbocycles. The highest BCUT2D eigenvalue weighted by Gasteiger charge is 2.11. The monoisotopic (exact) mass is 301 g/mol. The van der Waals surface area contributed by atoms with Crippen LogP contribution in [0.5, 0.6) is 0 Å². The number of amides is 2. The standard InChI is InChI=1S/C17H23N3O2/c1-20-12-6-10-15(20)16(21)13-19-17(22)18-11-5-9-14-7-3-2-4-8-14/h2-4,6-8,10,12,16,21H,5,9,11,13H2,1H3,(H2,18,19,22). The number of nitrogens with zero attached hydrogens (tertiary/aromatic N) is 1. The summed E-state index contributed by atoms with van der Waals surface area (Å²) >= 11 is 0. The number of urea groups is 1. The zero-order valence-corrected chi connectivity index (χ0v) is 12.8. The van der Waals surface area contributed by atoms with Gasteiger partial charge in [0.15, 0.2) is 0 Å². The highest BCUT2D eigenvalue weighted by atomic mass is 16.3. The summed E-state index contributed by atoms with van der Waals surface area (Å²) in [7, 11) is 1.86. The molecular formula is C17H23N3O2. The molecule has 0 aliphatic heterocycles. The molecule has 1 aromatic heterocycles. The number of aromatic nitrogens is 1. The maximum Gasteiger partial charge on any atom is 0.314 e. The lowest BCUT2D eigenvalue weighted by Gasteiger charge is -2.13. The first kappa shape index (κ1) is 16.1. The number of rotatable bonds is 7. The number of aryl methyl sites for hydroxylation is 2. The maximum atomic E-state index is 11.7. The highest BCUT2D eigenvalue weighted by molar-refractivity contribution is 5.73. The van der Waals surface area contributed by atoms with Gasteiger partial charge in [-0.2, -0.15) is 0 Å². The van der Waals surface area contributed by atoms with E-state index in [-0.39, 0.29) is 12.6 Å². The summed E-state index contributed by atoms with van der Waals surface area (Å²) in [4.78, 5) is 11.7. The zero-order chi connectivity index (χ0) is 15.8. The summed E-state index contributed by atoms with van der Waals surface area (Å²) in [6.07, 6.45) is 2.99. The Morgan fingerprint density at radius 1 is 1.18 bits per heavy atom. The Balaban J connectivity index is 1.61. The number of benzene rings is 1. The van der Waals surface area contributed by atoms with Crippen molar-refractivity contribution in [3.63, 3.8) is 0 Å². The van der Waals surface area contributed by atoms with Gasteiger partial charge in [0, 0.05) is 25.5 Å². The second kappa shape index (κ2) is 8.24. The lowest BCUT2D eigenvalue weighted by molar-refractivity contribution is 0.166. The second-order valence-corrected chi connectivity index (χ2v) is 5.29. The molecule has 0 aliphatic rings. The first-order valence-electron chi connectivity index (χ1n) is 7.51. The first-order valence-corrected chi connectivity index (χ1v) is 7.51. The van der Waals surface area contributed by atoms with Gasteiger partial charge in [0.1, 0.15) is 6.10 Å². The van der Waals surface area contributed by atoms with E-state index < -0.39 is 6.10 Å². The molecule has 1 aromatic carbocycles.